The van der Waals surface area contributed by atoms with Crippen LogP contribution in [0, 0.1) is 5.82 Å². The summed E-state index contributed by atoms with van der Waals surface area (Å²) < 4.78 is 18.0. The highest BCUT2D eigenvalue weighted by atomic mass is 19.1. The zero-order valence-corrected chi connectivity index (χ0v) is 12.7. The third kappa shape index (κ3) is 4.71. The van der Waals surface area contributed by atoms with Crippen LogP contribution in [0.2, 0.25) is 0 Å². The smallest absolute Gasteiger partial charge is 0.252 e. The summed E-state index contributed by atoms with van der Waals surface area (Å²) in [4.78, 5) is 12.1. The zero-order valence-electron chi connectivity index (χ0n) is 12.7. The maximum absolute atomic E-state index is 12.9. The van der Waals surface area contributed by atoms with Crippen molar-refractivity contribution in [3.63, 3.8) is 0 Å². The van der Waals surface area contributed by atoms with Crippen LogP contribution in [-0.2, 0) is 16.0 Å². The van der Waals surface area contributed by atoms with Gasteiger partial charge in [-0.2, -0.15) is 0 Å². The Labute approximate surface area is 133 Å². The molecule has 1 fully saturated rings. The molecule has 1 amide bonds. The van der Waals surface area contributed by atoms with Crippen LogP contribution >= 0.6 is 0 Å². The number of nitrogens with one attached hydrogen (secondary N) is 1. The molecule has 1 aliphatic heterocycles. The lowest BCUT2D eigenvalue weighted by atomic mass is 9.87. The predicted octanol–water partition coefficient (Wildman–Crippen LogP) is -0.252. The van der Waals surface area contributed by atoms with Gasteiger partial charge in [0, 0.05) is 26.1 Å². The number of ether oxygens (including phenoxy) is 1. The number of halogens is 1. The van der Waals surface area contributed by atoms with Crippen molar-refractivity contribution in [2.75, 3.05) is 19.8 Å². The van der Waals surface area contributed by atoms with Gasteiger partial charge in [-0.15, -0.1) is 0 Å². The number of benzene rings is 1. The largest absolute Gasteiger partial charge is 0.394 e. The van der Waals surface area contributed by atoms with Crippen LogP contribution in [0.4, 0.5) is 4.39 Å². The second-order valence-corrected chi connectivity index (χ2v) is 5.84. The maximum Gasteiger partial charge on any atom is 0.252 e. The van der Waals surface area contributed by atoms with Gasteiger partial charge >= 0.3 is 0 Å². The highest BCUT2D eigenvalue weighted by molar-refractivity contribution is 5.82. The molecule has 0 saturated carbocycles. The maximum atomic E-state index is 12.9. The summed E-state index contributed by atoms with van der Waals surface area (Å²) in [5.74, 6) is -1.11. The van der Waals surface area contributed by atoms with E-state index in [1.54, 1.807) is 12.1 Å². The third-order valence-electron chi connectivity index (χ3n) is 4.08. The minimum Gasteiger partial charge on any atom is -0.394 e. The van der Waals surface area contributed by atoms with E-state index in [0.29, 0.717) is 0 Å². The number of hydrogen-bond donors (Lipinski definition) is 4. The van der Waals surface area contributed by atoms with Crippen molar-refractivity contribution < 1.29 is 29.2 Å². The second kappa shape index (κ2) is 7.83. The fraction of sp³-hybridized carbons (Fsp3) is 0.562. The highest BCUT2D eigenvalue weighted by Gasteiger charge is 2.41. The Balaban J connectivity index is 1.94. The van der Waals surface area contributed by atoms with Crippen LogP contribution in [0.25, 0.3) is 0 Å². The fourth-order valence-electron chi connectivity index (χ4n) is 2.59. The van der Waals surface area contributed by atoms with Crippen molar-refractivity contribution in [1.82, 2.24) is 5.32 Å². The minimum atomic E-state index is -1.59. The first-order valence-corrected chi connectivity index (χ1v) is 7.58. The Morgan fingerprint density at radius 2 is 1.91 bits per heavy atom. The molecule has 1 aliphatic rings. The molecule has 1 heterocycles. The third-order valence-corrected chi connectivity index (χ3v) is 4.08. The fourth-order valence-corrected chi connectivity index (χ4v) is 2.59. The first-order chi connectivity index (χ1) is 10.9. The van der Waals surface area contributed by atoms with E-state index in [2.05, 4.69) is 5.32 Å². The number of rotatable bonds is 6. The summed E-state index contributed by atoms with van der Waals surface area (Å²) in [6.45, 7) is 0.219. The summed E-state index contributed by atoms with van der Waals surface area (Å²) in [6, 6.07) is 5.08. The lowest BCUT2D eigenvalue weighted by Gasteiger charge is -2.35. The molecule has 1 aromatic rings. The summed E-state index contributed by atoms with van der Waals surface area (Å²) in [6.07, 6.45) is -0.961. The quantitative estimate of drug-likeness (QED) is 0.577. The second-order valence-electron chi connectivity index (χ2n) is 5.84. The van der Waals surface area contributed by atoms with Crippen molar-refractivity contribution in [2.24, 2.45) is 0 Å². The molecular weight excluding hydrogens is 305 g/mol. The van der Waals surface area contributed by atoms with E-state index >= 15 is 0 Å². The molecule has 4 N–H and O–H groups in total. The van der Waals surface area contributed by atoms with E-state index in [4.69, 9.17) is 4.74 Å². The van der Waals surface area contributed by atoms with E-state index < -0.39 is 23.7 Å². The van der Waals surface area contributed by atoms with Crippen LogP contribution in [0.1, 0.15) is 18.4 Å². The Bertz CT molecular complexity index is 516. The van der Waals surface area contributed by atoms with Crippen LogP contribution in [0.5, 0.6) is 0 Å². The number of aliphatic hydroxyl groups excluding tert-OH is 2. The van der Waals surface area contributed by atoms with Gasteiger partial charge < -0.3 is 25.4 Å². The molecule has 2 atom stereocenters. The summed E-state index contributed by atoms with van der Waals surface area (Å²) in [7, 11) is 0. The van der Waals surface area contributed by atoms with Gasteiger partial charge in [0.15, 0.2) is 6.10 Å². The molecule has 6 nitrogen and oxygen atoms in total. The van der Waals surface area contributed by atoms with Gasteiger partial charge in [0.1, 0.15) is 11.4 Å². The number of amides is 1. The van der Waals surface area contributed by atoms with E-state index in [-0.39, 0.29) is 44.9 Å². The first-order valence-electron chi connectivity index (χ1n) is 7.58. The van der Waals surface area contributed by atoms with Crippen molar-refractivity contribution in [3.05, 3.63) is 35.6 Å². The average Bonchev–Trinajstić information content (AvgIpc) is 2.56. The molecule has 23 heavy (non-hydrogen) atoms. The number of aliphatic hydroxyl groups is 3. The number of carbonyl (C=O) groups excluding carboxylic acids is 1. The Hall–Kier alpha value is -1.54. The standard InChI is InChI=1S/C16H22FNO5/c17-12-3-1-11(2-4-12)9-13(10-19)18-15(21)14(20)16(22)5-7-23-8-6-16/h1-4,13-14,19-20,22H,5-10H2,(H,18,21). The van der Waals surface area contributed by atoms with Gasteiger partial charge in [0.05, 0.1) is 12.6 Å². The van der Waals surface area contributed by atoms with Gasteiger partial charge in [-0.25, -0.2) is 4.39 Å². The molecule has 1 aromatic carbocycles. The molecular formula is C16H22FNO5. The number of hydrogen-bond acceptors (Lipinski definition) is 5. The molecule has 0 aromatic heterocycles. The summed E-state index contributed by atoms with van der Waals surface area (Å²) in [5, 5.41) is 32.3. The van der Waals surface area contributed by atoms with Crippen molar-refractivity contribution in [3.8, 4) is 0 Å². The van der Waals surface area contributed by atoms with Gasteiger partial charge in [0.25, 0.3) is 5.91 Å². The zero-order chi connectivity index (χ0) is 16.9. The highest BCUT2D eigenvalue weighted by Crippen LogP contribution is 2.24. The predicted molar refractivity (Wildman–Crippen MR) is 80.1 cm³/mol. The Morgan fingerprint density at radius 1 is 1.30 bits per heavy atom. The molecule has 0 spiro atoms. The summed E-state index contributed by atoms with van der Waals surface area (Å²) >= 11 is 0. The molecule has 2 unspecified atom stereocenters. The van der Waals surface area contributed by atoms with E-state index in [0.717, 1.165) is 5.56 Å². The topological polar surface area (TPSA) is 99.0 Å². The molecule has 1 saturated heterocycles. The normalized spacial score (nSPS) is 19.8. The monoisotopic (exact) mass is 327 g/mol. The molecule has 0 aliphatic carbocycles. The molecule has 0 radical (unpaired) electrons. The minimum absolute atomic E-state index is 0.170. The molecule has 128 valence electrons. The van der Waals surface area contributed by atoms with Crippen LogP contribution < -0.4 is 5.32 Å². The van der Waals surface area contributed by atoms with Gasteiger partial charge in [-0.3, -0.25) is 4.79 Å². The lowest BCUT2D eigenvalue weighted by molar-refractivity contribution is -0.160. The first kappa shape index (κ1) is 17.8. The molecule has 0 bridgehead atoms. The van der Waals surface area contributed by atoms with Crippen LogP contribution in [0.3, 0.4) is 0 Å². The van der Waals surface area contributed by atoms with Gasteiger partial charge in [-0.1, -0.05) is 12.1 Å². The van der Waals surface area contributed by atoms with Gasteiger partial charge in [0.2, 0.25) is 0 Å². The Kier molecular flexibility index (Phi) is 6.06. The molecule has 7 heteroatoms. The SMILES string of the molecule is O=C(NC(CO)Cc1ccc(F)cc1)C(O)C1(O)CCOCC1. The summed E-state index contributed by atoms with van der Waals surface area (Å²) in [5.41, 5.74) is -0.775. The van der Waals surface area contributed by atoms with E-state index in [9.17, 15) is 24.5 Å². The lowest BCUT2D eigenvalue weighted by Crippen LogP contribution is -2.56. The van der Waals surface area contributed by atoms with E-state index in [1.807, 2.05) is 0 Å². The van der Waals surface area contributed by atoms with Crippen molar-refractivity contribution in [2.45, 2.75) is 37.0 Å². The van der Waals surface area contributed by atoms with Crippen LogP contribution in [0.15, 0.2) is 24.3 Å². The molecule has 2 rings (SSSR count). The average molecular weight is 327 g/mol. The van der Waals surface area contributed by atoms with Gasteiger partial charge in [-0.05, 0) is 24.1 Å². The Morgan fingerprint density at radius 3 is 2.48 bits per heavy atom. The van der Waals surface area contributed by atoms with Crippen molar-refractivity contribution >= 4 is 5.91 Å². The van der Waals surface area contributed by atoms with E-state index in [1.165, 1.54) is 12.1 Å². The van der Waals surface area contributed by atoms with Crippen LogP contribution in [-0.4, -0.2) is 58.8 Å². The number of carbonyl (C=O) groups is 1. The van der Waals surface area contributed by atoms with Crippen molar-refractivity contribution in [1.29, 1.82) is 0 Å².